The molecule has 0 aliphatic heterocycles. The Bertz CT molecular complexity index is 1470. The summed E-state index contributed by atoms with van der Waals surface area (Å²) in [6, 6.07) is 6.32. The van der Waals surface area contributed by atoms with Crippen LogP contribution in [0.25, 0.3) is 21.1 Å². The molecule has 9 heteroatoms. The largest absolute Gasteiger partial charge is 0.478 e. The second kappa shape index (κ2) is 7.73. The van der Waals surface area contributed by atoms with Gasteiger partial charge < -0.3 is 5.11 Å². The van der Waals surface area contributed by atoms with Crippen LogP contribution in [0.15, 0.2) is 40.1 Å². The Morgan fingerprint density at radius 3 is 2.68 bits per heavy atom. The molecular weight excluding hydrogens is 421 g/mol. The highest BCUT2D eigenvalue weighted by Gasteiger charge is 2.26. The lowest BCUT2D eigenvalue weighted by Gasteiger charge is -2.11. The Kier molecular flexibility index (Phi) is 5.22. The second-order valence-corrected chi connectivity index (χ2v) is 8.90. The molecule has 0 bridgehead atoms. The van der Waals surface area contributed by atoms with Gasteiger partial charge in [-0.05, 0) is 23.6 Å². The van der Waals surface area contributed by atoms with E-state index in [1.807, 2.05) is 13.8 Å². The highest BCUT2D eigenvalue weighted by molar-refractivity contribution is 7.19. The minimum atomic E-state index is -1.24. The number of thiophene rings is 1. The summed E-state index contributed by atoms with van der Waals surface area (Å²) in [5.41, 5.74) is -0.337. The molecule has 4 rings (SSSR count). The summed E-state index contributed by atoms with van der Waals surface area (Å²) >= 11 is 1.12. The van der Waals surface area contributed by atoms with Gasteiger partial charge in [0.05, 0.1) is 10.9 Å². The van der Waals surface area contributed by atoms with E-state index in [2.05, 4.69) is 4.98 Å². The third-order valence-electron chi connectivity index (χ3n) is 5.17. The van der Waals surface area contributed by atoms with Crippen molar-refractivity contribution in [1.29, 1.82) is 0 Å². The van der Waals surface area contributed by atoms with Gasteiger partial charge in [0.2, 0.25) is 0 Å². The van der Waals surface area contributed by atoms with E-state index in [-0.39, 0.29) is 28.8 Å². The van der Waals surface area contributed by atoms with Crippen LogP contribution < -0.4 is 11.2 Å². The van der Waals surface area contributed by atoms with Crippen molar-refractivity contribution in [2.75, 3.05) is 0 Å². The zero-order valence-electron chi connectivity index (χ0n) is 17.2. The zero-order valence-corrected chi connectivity index (χ0v) is 18.0. The van der Waals surface area contributed by atoms with Gasteiger partial charge in [-0.1, -0.05) is 26.0 Å². The Balaban J connectivity index is 2.02. The number of halogens is 1. The molecule has 4 aromatic rings. The maximum Gasteiger partial charge on any atom is 0.337 e. The molecule has 31 heavy (non-hydrogen) atoms. The first-order valence-electron chi connectivity index (χ1n) is 9.71. The highest BCUT2D eigenvalue weighted by atomic mass is 32.1. The number of aromatic nitrogens is 3. The molecule has 0 aliphatic rings. The molecule has 160 valence electrons. The van der Waals surface area contributed by atoms with Crippen LogP contribution in [0, 0.1) is 11.7 Å². The first-order chi connectivity index (χ1) is 14.7. The summed E-state index contributed by atoms with van der Waals surface area (Å²) in [7, 11) is 1.35. The first kappa shape index (κ1) is 20.9. The monoisotopic (exact) mass is 441 g/mol. The SMILES string of the molecule is CC(C)Cn1c(=O)n(C)c(=O)c2c(C(=O)O)c(Cc3ccnc4c(F)cccc34)sc21. The lowest BCUT2D eigenvalue weighted by molar-refractivity contribution is 0.0698. The molecule has 0 spiro atoms. The molecule has 1 N–H and O–H groups in total. The fourth-order valence-corrected chi connectivity index (χ4v) is 5.08. The molecule has 0 saturated carbocycles. The number of aromatic carboxylic acids is 1. The molecule has 3 aromatic heterocycles. The molecule has 1 aromatic carbocycles. The number of hydrogen-bond acceptors (Lipinski definition) is 5. The van der Waals surface area contributed by atoms with Crippen LogP contribution in [0.2, 0.25) is 0 Å². The van der Waals surface area contributed by atoms with Crippen LogP contribution in [0.1, 0.15) is 34.6 Å². The lowest BCUT2D eigenvalue weighted by Crippen LogP contribution is -2.38. The van der Waals surface area contributed by atoms with E-state index < -0.39 is 23.0 Å². The van der Waals surface area contributed by atoms with E-state index in [0.29, 0.717) is 27.2 Å². The summed E-state index contributed by atoms with van der Waals surface area (Å²) in [6.07, 6.45) is 1.64. The quantitative estimate of drug-likeness (QED) is 0.512. The minimum absolute atomic E-state index is 0.0276. The van der Waals surface area contributed by atoms with E-state index >= 15 is 0 Å². The van der Waals surface area contributed by atoms with Gasteiger partial charge in [-0.2, -0.15) is 0 Å². The van der Waals surface area contributed by atoms with Gasteiger partial charge in [0.1, 0.15) is 16.2 Å². The molecule has 0 fully saturated rings. The van der Waals surface area contributed by atoms with Crippen molar-refractivity contribution in [3.63, 3.8) is 0 Å². The van der Waals surface area contributed by atoms with Crippen LogP contribution in [-0.4, -0.2) is 25.2 Å². The zero-order chi connectivity index (χ0) is 22.4. The number of nitrogens with zero attached hydrogens (tertiary/aromatic N) is 3. The summed E-state index contributed by atoms with van der Waals surface area (Å²) in [5.74, 6) is -1.59. The van der Waals surface area contributed by atoms with Gasteiger partial charge in [0, 0.05) is 36.5 Å². The number of pyridine rings is 1. The molecule has 0 unspecified atom stereocenters. The normalized spacial score (nSPS) is 11.6. The fourth-order valence-electron chi connectivity index (χ4n) is 3.78. The average Bonchev–Trinajstić information content (AvgIpc) is 3.09. The van der Waals surface area contributed by atoms with Crippen molar-refractivity contribution in [2.45, 2.75) is 26.8 Å². The summed E-state index contributed by atoms with van der Waals surface area (Å²) in [6.45, 7) is 4.23. The molecule has 0 radical (unpaired) electrons. The van der Waals surface area contributed by atoms with E-state index in [9.17, 15) is 23.9 Å². The third-order valence-corrected chi connectivity index (χ3v) is 6.38. The molecular formula is C22H20FN3O4S. The van der Waals surface area contributed by atoms with Crippen LogP contribution in [0.3, 0.4) is 0 Å². The molecule has 0 amide bonds. The Morgan fingerprint density at radius 1 is 1.26 bits per heavy atom. The number of para-hydroxylation sites is 1. The van der Waals surface area contributed by atoms with Crippen LogP contribution in [0.5, 0.6) is 0 Å². The number of rotatable bonds is 5. The Hall–Kier alpha value is -3.33. The number of benzene rings is 1. The minimum Gasteiger partial charge on any atom is -0.478 e. The van der Waals surface area contributed by atoms with E-state index in [1.165, 1.54) is 23.9 Å². The smallest absolute Gasteiger partial charge is 0.337 e. The molecule has 0 saturated heterocycles. The van der Waals surface area contributed by atoms with Gasteiger partial charge in [0.15, 0.2) is 0 Å². The van der Waals surface area contributed by atoms with Crippen LogP contribution in [-0.2, 0) is 20.0 Å². The summed E-state index contributed by atoms with van der Waals surface area (Å²) in [5, 5.41) is 10.5. The number of carbonyl (C=O) groups is 1. The fraction of sp³-hybridized carbons (Fsp3) is 0.273. The van der Waals surface area contributed by atoms with Crippen LogP contribution >= 0.6 is 11.3 Å². The molecule has 0 atom stereocenters. The van der Waals surface area contributed by atoms with Crippen molar-refractivity contribution in [1.82, 2.24) is 14.1 Å². The number of fused-ring (bicyclic) bond motifs is 2. The molecule has 3 heterocycles. The summed E-state index contributed by atoms with van der Waals surface area (Å²) in [4.78, 5) is 42.6. The van der Waals surface area contributed by atoms with Crippen molar-refractivity contribution >= 4 is 38.4 Å². The lowest BCUT2D eigenvalue weighted by atomic mass is 10.0. The Morgan fingerprint density at radius 2 is 2.00 bits per heavy atom. The number of hydrogen-bond donors (Lipinski definition) is 1. The van der Waals surface area contributed by atoms with Gasteiger partial charge in [0.25, 0.3) is 5.56 Å². The predicted octanol–water partition coefficient (Wildman–Crippen LogP) is 3.39. The number of carboxylic acid groups (broad SMARTS) is 1. The molecule has 7 nitrogen and oxygen atoms in total. The first-order valence-corrected chi connectivity index (χ1v) is 10.5. The van der Waals surface area contributed by atoms with Crippen molar-refractivity contribution in [2.24, 2.45) is 13.0 Å². The molecule has 0 aliphatic carbocycles. The van der Waals surface area contributed by atoms with Crippen molar-refractivity contribution < 1.29 is 14.3 Å². The van der Waals surface area contributed by atoms with Gasteiger partial charge >= 0.3 is 11.7 Å². The summed E-state index contributed by atoms with van der Waals surface area (Å²) < 4.78 is 16.6. The Labute approximate surface area is 180 Å². The maximum atomic E-state index is 14.2. The van der Waals surface area contributed by atoms with Crippen molar-refractivity contribution in [3.8, 4) is 0 Å². The maximum absolute atomic E-state index is 14.2. The topological polar surface area (TPSA) is 94.2 Å². The predicted molar refractivity (Wildman–Crippen MR) is 118 cm³/mol. The van der Waals surface area contributed by atoms with Gasteiger partial charge in [-0.3, -0.25) is 18.9 Å². The van der Waals surface area contributed by atoms with Gasteiger partial charge in [-0.15, -0.1) is 11.3 Å². The highest BCUT2D eigenvalue weighted by Crippen LogP contribution is 2.32. The van der Waals surface area contributed by atoms with E-state index in [1.54, 1.807) is 18.2 Å². The average molecular weight is 441 g/mol. The second-order valence-electron chi connectivity index (χ2n) is 7.82. The standard InChI is InChI=1S/C22H20FN3O4S/c1-11(2)10-26-20-17(19(27)25(3)22(26)30)16(21(28)29)15(31-20)9-12-7-8-24-18-13(12)5-4-6-14(18)23/h4-8,11H,9-10H2,1-3H3,(H,28,29). The number of carboxylic acids is 1. The van der Waals surface area contributed by atoms with Crippen LogP contribution in [0.4, 0.5) is 4.39 Å². The third kappa shape index (κ3) is 3.44. The van der Waals surface area contributed by atoms with E-state index in [4.69, 9.17) is 0 Å². The van der Waals surface area contributed by atoms with E-state index in [0.717, 1.165) is 15.9 Å². The van der Waals surface area contributed by atoms with Crippen molar-refractivity contribution in [3.05, 3.63) is 73.1 Å². The van der Waals surface area contributed by atoms with Gasteiger partial charge in [-0.25, -0.2) is 14.0 Å².